The Morgan fingerprint density at radius 1 is 1.06 bits per heavy atom. The lowest BCUT2D eigenvalue weighted by molar-refractivity contribution is -0.116. The van der Waals surface area contributed by atoms with Gasteiger partial charge >= 0.3 is 0 Å². The summed E-state index contributed by atoms with van der Waals surface area (Å²) < 4.78 is 42.0. The lowest BCUT2D eigenvalue weighted by Gasteiger charge is -2.22. The highest BCUT2D eigenvalue weighted by Gasteiger charge is 2.21. The Labute approximate surface area is 194 Å². The zero-order valence-corrected chi connectivity index (χ0v) is 19.0. The van der Waals surface area contributed by atoms with Crippen LogP contribution in [0.1, 0.15) is 35.1 Å². The first-order chi connectivity index (χ1) is 15.6. The van der Waals surface area contributed by atoms with Crippen molar-refractivity contribution in [2.24, 2.45) is 0 Å². The summed E-state index contributed by atoms with van der Waals surface area (Å²) in [4.78, 5) is 26.7. The number of aromatic nitrogens is 2. The minimum absolute atomic E-state index is 0.265. The summed E-state index contributed by atoms with van der Waals surface area (Å²) in [5.41, 5.74) is 2.00. The van der Waals surface area contributed by atoms with E-state index in [1.54, 1.807) is 35.9 Å². The maximum Gasteiger partial charge on any atom is 0.254 e. The fraction of sp³-hybridized carbons (Fsp3) is 0.261. The van der Waals surface area contributed by atoms with Gasteiger partial charge in [0.2, 0.25) is 5.91 Å². The third-order valence-electron chi connectivity index (χ3n) is 4.99. The molecule has 2 amide bonds. The van der Waals surface area contributed by atoms with Crippen molar-refractivity contribution in [3.05, 3.63) is 75.8 Å². The molecule has 3 aromatic rings. The Balaban J connectivity index is 1.75. The third kappa shape index (κ3) is 5.19. The smallest absolute Gasteiger partial charge is 0.254 e. The van der Waals surface area contributed by atoms with Crippen molar-refractivity contribution >= 4 is 29.1 Å². The van der Waals surface area contributed by atoms with E-state index in [0.717, 1.165) is 11.8 Å². The number of carbonyl (C=O) groups excluding carboxylic acids is 2. The van der Waals surface area contributed by atoms with Gasteiger partial charge in [-0.3, -0.25) is 9.59 Å². The molecule has 0 radical (unpaired) electrons. The first-order valence-corrected chi connectivity index (χ1v) is 10.6. The van der Waals surface area contributed by atoms with Crippen molar-refractivity contribution in [1.82, 2.24) is 14.7 Å². The summed E-state index contributed by atoms with van der Waals surface area (Å²) >= 11 is 6.19. The van der Waals surface area contributed by atoms with E-state index in [-0.39, 0.29) is 13.1 Å². The number of anilines is 1. The Bertz CT molecular complexity index is 1200. The molecule has 0 atom stereocenters. The quantitative estimate of drug-likeness (QED) is 0.483. The van der Waals surface area contributed by atoms with Gasteiger partial charge in [-0.05, 0) is 56.7 Å². The SMILES string of the molecule is CCCN(CC(=O)Nc1ccc(F)c(F)c1F)C(=O)c1ccc(-n2nc(C)c(Cl)c2C)cc1. The molecule has 0 saturated heterocycles. The molecule has 3 rings (SSSR count). The molecular weight excluding hydrogens is 457 g/mol. The van der Waals surface area contributed by atoms with Gasteiger partial charge < -0.3 is 10.2 Å². The van der Waals surface area contributed by atoms with Crippen molar-refractivity contribution in [1.29, 1.82) is 0 Å². The molecule has 0 saturated carbocycles. The molecule has 0 bridgehead atoms. The highest BCUT2D eigenvalue weighted by atomic mass is 35.5. The Morgan fingerprint density at radius 3 is 2.30 bits per heavy atom. The average Bonchev–Trinajstić information content (AvgIpc) is 3.06. The van der Waals surface area contributed by atoms with Gasteiger partial charge in [-0.15, -0.1) is 0 Å². The largest absolute Gasteiger partial charge is 0.329 e. The molecule has 10 heteroatoms. The lowest BCUT2D eigenvalue weighted by Crippen LogP contribution is -2.38. The van der Waals surface area contributed by atoms with Gasteiger partial charge in [0.05, 0.1) is 27.8 Å². The van der Waals surface area contributed by atoms with E-state index in [1.807, 2.05) is 13.8 Å². The highest BCUT2D eigenvalue weighted by Crippen LogP contribution is 2.23. The van der Waals surface area contributed by atoms with Crippen molar-refractivity contribution in [2.75, 3.05) is 18.4 Å². The summed E-state index contributed by atoms with van der Waals surface area (Å²) in [6.07, 6.45) is 0.570. The number of benzene rings is 2. The van der Waals surface area contributed by atoms with Crippen LogP contribution in [0.4, 0.5) is 18.9 Å². The van der Waals surface area contributed by atoms with E-state index in [1.165, 1.54) is 4.90 Å². The van der Waals surface area contributed by atoms with Crippen LogP contribution in [-0.2, 0) is 4.79 Å². The molecule has 1 aromatic heterocycles. The van der Waals surface area contributed by atoms with Crippen molar-refractivity contribution in [2.45, 2.75) is 27.2 Å². The molecule has 0 unspecified atom stereocenters. The minimum Gasteiger partial charge on any atom is -0.329 e. The number of nitrogens with one attached hydrogen (secondary N) is 1. The molecule has 2 aromatic carbocycles. The van der Waals surface area contributed by atoms with Gasteiger partial charge in [0.1, 0.15) is 6.54 Å². The molecule has 33 heavy (non-hydrogen) atoms. The van der Waals surface area contributed by atoms with Crippen LogP contribution < -0.4 is 5.32 Å². The van der Waals surface area contributed by atoms with Crippen LogP contribution in [0.2, 0.25) is 5.02 Å². The van der Waals surface area contributed by atoms with Crippen LogP contribution in [-0.4, -0.2) is 39.6 Å². The van der Waals surface area contributed by atoms with Crippen molar-refractivity contribution in [3.8, 4) is 5.69 Å². The number of carbonyl (C=O) groups is 2. The van der Waals surface area contributed by atoms with Gasteiger partial charge in [-0.1, -0.05) is 18.5 Å². The topological polar surface area (TPSA) is 67.2 Å². The van der Waals surface area contributed by atoms with Crippen molar-refractivity contribution in [3.63, 3.8) is 0 Å². The monoisotopic (exact) mass is 478 g/mol. The summed E-state index contributed by atoms with van der Waals surface area (Å²) in [6, 6.07) is 8.27. The Kier molecular flexibility index (Phi) is 7.43. The second-order valence-corrected chi connectivity index (χ2v) is 7.82. The average molecular weight is 479 g/mol. The predicted molar refractivity (Wildman–Crippen MR) is 119 cm³/mol. The normalized spacial score (nSPS) is 10.9. The van der Waals surface area contributed by atoms with Crippen LogP contribution in [0.15, 0.2) is 36.4 Å². The summed E-state index contributed by atoms with van der Waals surface area (Å²) in [6.45, 7) is 5.34. The maximum absolute atomic E-state index is 13.8. The third-order valence-corrected chi connectivity index (χ3v) is 5.53. The van der Waals surface area contributed by atoms with Crippen LogP contribution in [0.25, 0.3) is 5.69 Å². The van der Waals surface area contributed by atoms with E-state index in [4.69, 9.17) is 11.6 Å². The molecule has 0 fully saturated rings. The molecule has 1 N–H and O–H groups in total. The number of halogens is 4. The lowest BCUT2D eigenvalue weighted by atomic mass is 10.1. The van der Waals surface area contributed by atoms with Gasteiger partial charge in [-0.2, -0.15) is 5.10 Å². The van der Waals surface area contributed by atoms with E-state index in [0.29, 0.717) is 34.5 Å². The number of amides is 2. The Morgan fingerprint density at radius 2 is 1.73 bits per heavy atom. The van der Waals surface area contributed by atoms with Crippen LogP contribution in [0.3, 0.4) is 0 Å². The summed E-state index contributed by atoms with van der Waals surface area (Å²) in [5.74, 6) is -5.69. The molecule has 6 nitrogen and oxygen atoms in total. The van der Waals surface area contributed by atoms with Crippen LogP contribution >= 0.6 is 11.6 Å². The Hall–Kier alpha value is -3.33. The highest BCUT2D eigenvalue weighted by molar-refractivity contribution is 6.31. The van der Waals surface area contributed by atoms with E-state index < -0.39 is 35.0 Å². The molecule has 0 aliphatic carbocycles. The molecular formula is C23H22ClF3N4O2. The van der Waals surface area contributed by atoms with Crippen molar-refractivity contribution < 1.29 is 22.8 Å². The summed E-state index contributed by atoms with van der Waals surface area (Å²) in [5, 5.41) is 7.11. The first kappa shape index (κ1) is 24.3. The van der Waals surface area contributed by atoms with Crippen LogP contribution in [0, 0.1) is 31.3 Å². The van der Waals surface area contributed by atoms with Gasteiger partial charge in [0.15, 0.2) is 17.5 Å². The van der Waals surface area contributed by atoms with E-state index in [2.05, 4.69) is 10.4 Å². The fourth-order valence-electron chi connectivity index (χ4n) is 3.31. The zero-order chi connectivity index (χ0) is 24.3. The molecule has 0 aliphatic heterocycles. The maximum atomic E-state index is 13.8. The number of nitrogens with zero attached hydrogens (tertiary/aromatic N) is 3. The molecule has 0 aliphatic rings. The standard InChI is InChI=1S/C23H22ClF3N4O2/c1-4-11-30(12-19(32)28-18-10-9-17(25)21(26)22(18)27)23(33)15-5-7-16(8-6-15)31-14(3)20(24)13(2)29-31/h5-10H,4,11-12H2,1-3H3,(H,28,32). The zero-order valence-electron chi connectivity index (χ0n) is 18.3. The number of hydrogen-bond acceptors (Lipinski definition) is 3. The first-order valence-electron chi connectivity index (χ1n) is 10.2. The van der Waals surface area contributed by atoms with Gasteiger partial charge in [-0.25, -0.2) is 17.9 Å². The number of hydrogen-bond donors (Lipinski definition) is 1. The van der Waals surface area contributed by atoms with E-state index in [9.17, 15) is 22.8 Å². The molecule has 0 spiro atoms. The number of aryl methyl sites for hydroxylation is 1. The fourth-order valence-corrected chi connectivity index (χ4v) is 3.43. The summed E-state index contributed by atoms with van der Waals surface area (Å²) in [7, 11) is 0. The van der Waals surface area contributed by atoms with E-state index >= 15 is 0 Å². The predicted octanol–water partition coefficient (Wildman–Crippen LogP) is 5.05. The number of rotatable bonds is 7. The second-order valence-electron chi connectivity index (χ2n) is 7.44. The van der Waals surface area contributed by atoms with Gasteiger partial charge in [0.25, 0.3) is 5.91 Å². The second kappa shape index (κ2) is 10.1. The molecule has 174 valence electrons. The van der Waals surface area contributed by atoms with Gasteiger partial charge in [0, 0.05) is 12.1 Å². The molecule has 1 heterocycles. The minimum atomic E-state index is -1.68. The van der Waals surface area contributed by atoms with Crippen LogP contribution in [0.5, 0.6) is 0 Å².